The van der Waals surface area contributed by atoms with Gasteiger partial charge in [0.2, 0.25) is 0 Å². The van der Waals surface area contributed by atoms with Gasteiger partial charge in [0.1, 0.15) is 0 Å². The Balaban J connectivity index is 2.21. The third kappa shape index (κ3) is 2.89. The summed E-state index contributed by atoms with van der Waals surface area (Å²) in [4.78, 5) is 0. The average Bonchev–Trinajstić information content (AvgIpc) is 2.40. The summed E-state index contributed by atoms with van der Waals surface area (Å²) < 4.78 is 7.22. The normalized spacial score (nSPS) is 25.1. The van der Waals surface area contributed by atoms with Gasteiger partial charge in [-0.15, -0.1) is 0 Å². The summed E-state index contributed by atoms with van der Waals surface area (Å²) in [6.45, 7) is 10.8. The minimum Gasteiger partial charge on any atom is -0.379 e. The third-order valence-corrected chi connectivity index (χ3v) is 4.10. The Labute approximate surface area is 118 Å². The van der Waals surface area contributed by atoms with Gasteiger partial charge < -0.3 is 10.1 Å². The molecule has 1 atom stereocenters. The molecule has 0 radical (unpaired) electrons. The van der Waals surface area contributed by atoms with Crippen LogP contribution in [0.2, 0.25) is 0 Å². The van der Waals surface area contributed by atoms with Gasteiger partial charge in [0.25, 0.3) is 0 Å². The Hall–Kier alpha value is -0.540. The van der Waals surface area contributed by atoms with Gasteiger partial charge in [-0.1, -0.05) is 22.0 Å². The molecular formula is C15H22BrNO. The van der Waals surface area contributed by atoms with Crippen LogP contribution >= 0.6 is 15.9 Å². The summed E-state index contributed by atoms with van der Waals surface area (Å²) in [5.74, 6) is 0. The number of hydrogen-bond donors (Lipinski definition) is 1. The second-order valence-electron chi connectivity index (χ2n) is 6.33. The molecule has 1 unspecified atom stereocenters. The number of ether oxygens (including phenoxy) is 1. The van der Waals surface area contributed by atoms with Crippen molar-refractivity contribution in [2.45, 2.75) is 58.3 Å². The molecule has 3 heteroatoms. The van der Waals surface area contributed by atoms with Gasteiger partial charge in [0, 0.05) is 10.2 Å². The molecule has 0 bridgehead atoms. The largest absolute Gasteiger partial charge is 0.379 e. The fourth-order valence-corrected chi connectivity index (χ4v) is 3.09. The highest BCUT2D eigenvalue weighted by molar-refractivity contribution is 9.10. The van der Waals surface area contributed by atoms with Gasteiger partial charge in [-0.25, -0.2) is 0 Å². The highest BCUT2D eigenvalue weighted by atomic mass is 79.9. The van der Waals surface area contributed by atoms with E-state index in [1.54, 1.807) is 0 Å². The standard InChI is InChI=1S/C15H22BrNO/c1-10-6-7-11(16)8-12(10)17-13-9-14(2,3)18-15(13,4)5/h6-8,13,17H,9H2,1-5H3. The zero-order valence-corrected chi connectivity index (χ0v) is 13.4. The number of halogens is 1. The molecule has 2 rings (SSSR count). The van der Waals surface area contributed by atoms with Crippen molar-refractivity contribution in [2.75, 3.05) is 5.32 Å². The molecular weight excluding hydrogens is 290 g/mol. The molecule has 0 saturated carbocycles. The van der Waals surface area contributed by atoms with E-state index in [1.165, 1.54) is 11.3 Å². The topological polar surface area (TPSA) is 21.3 Å². The number of nitrogens with one attached hydrogen (secondary N) is 1. The summed E-state index contributed by atoms with van der Waals surface area (Å²) in [5, 5.41) is 3.64. The van der Waals surface area contributed by atoms with Crippen molar-refractivity contribution < 1.29 is 4.74 Å². The van der Waals surface area contributed by atoms with E-state index in [9.17, 15) is 0 Å². The molecule has 1 aromatic carbocycles. The zero-order chi connectivity index (χ0) is 13.6. The van der Waals surface area contributed by atoms with E-state index < -0.39 is 0 Å². The third-order valence-electron chi connectivity index (χ3n) is 3.60. The number of anilines is 1. The van der Waals surface area contributed by atoms with E-state index in [1.807, 2.05) is 0 Å². The SMILES string of the molecule is Cc1ccc(Br)cc1NC1CC(C)(C)OC1(C)C. The monoisotopic (exact) mass is 311 g/mol. The molecule has 1 saturated heterocycles. The lowest BCUT2D eigenvalue weighted by molar-refractivity contribution is -0.0662. The Morgan fingerprint density at radius 2 is 1.94 bits per heavy atom. The van der Waals surface area contributed by atoms with Crippen molar-refractivity contribution in [3.63, 3.8) is 0 Å². The van der Waals surface area contributed by atoms with Crippen LogP contribution in [-0.4, -0.2) is 17.2 Å². The van der Waals surface area contributed by atoms with E-state index in [0.717, 1.165) is 10.9 Å². The molecule has 1 aliphatic heterocycles. The van der Waals surface area contributed by atoms with Crippen LogP contribution in [0.1, 0.15) is 39.7 Å². The number of benzene rings is 1. The number of hydrogen-bond acceptors (Lipinski definition) is 2. The summed E-state index contributed by atoms with van der Waals surface area (Å²) in [6, 6.07) is 6.66. The van der Waals surface area contributed by atoms with E-state index >= 15 is 0 Å². The molecule has 1 aliphatic rings. The first-order chi connectivity index (χ1) is 8.20. The molecule has 0 aromatic heterocycles. The van der Waals surface area contributed by atoms with Crippen molar-refractivity contribution in [1.82, 2.24) is 0 Å². The molecule has 1 N–H and O–H groups in total. The zero-order valence-electron chi connectivity index (χ0n) is 11.8. The van der Waals surface area contributed by atoms with Gasteiger partial charge in [-0.05, 0) is 58.7 Å². The maximum Gasteiger partial charge on any atom is 0.0834 e. The quantitative estimate of drug-likeness (QED) is 0.867. The van der Waals surface area contributed by atoms with Crippen LogP contribution in [0, 0.1) is 6.92 Å². The van der Waals surface area contributed by atoms with Crippen LogP contribution < -0.4 is 5.32 Å². The molecule has 0 amide bonds. The van der Waals surface area contributed by atoms with Crippen LogP contribution in [0.15, 0.2) is 22.7 Å². The van der Waals surface area contributed by atoms with Crippen molar-refractivity contribution in [1.29, 1.82) is 0 Å². The van der Waals surface area contributed by atoms with E-state index in [0.29, 0.717) is 6.04 Å². The second-order valence-corrected chi connectivity index (χ2v) is 7.24. The van der Waals surface area contributed by atoms with Gasteiger partial charge in [0.15, 0.2) is 0 Å². The lowest BCUT2D eigenvalue weighted by Crippen LogP contribution is -2.38. The highest BCUT2D eigenvalue weighted by Crippen LogP contribution is 2.39. The Morgan fingerprint density at radius 1 is 1.28 bits per heavy atom. The molecule has 2 nitrogen and oxygen atoms in total. The predicted molar refractivity (Wildman–Crippen MR) is 80.1 cm³/mol. The number of aryl methyl sites for hydroxylation is 1. The minimum absolute atomic E-state index is 0.0545. The fraction of sp³-hybridized carbons (Fsp3) is 0.600. The predicted octanol–water partition coefficient (Wildman–Crippen LogP) is 4.52. The van der Waals surface area contributed by atoms with E-state index in [2.05, 4.69) is 74.1 Å². The second kappa shape index (κ2) is 4.53. The lowest BCUT2D eigenvalue weighted by Gasteiger charge is -2.29. The number of rotatable bonds is 2. The smallest absolute Gasteiger partial charge is 0.0834 e. The minimum atomic E-state index is -0.141. The van der Waals surface area contributed by atoms with Crippen molar-refractivity contribution in [3.05, 3.63) is 28.2 Å². The van der Waals surface area contributed by atoms with Crippen LogP contribution in [0.3, 0.4) is 0 Å². The van der Waals surface area contributed by atoms with Gasteiger partial charge >= 0.3 is 0 Å². The van der Waals surface area contributed by atoms with Crippen LogP contribution in [0.25, 0.3) is 0 Å². The Morgan fingerprint density at radius 3 is 2.50 bits per heavy atom. The van der Waals surface area contributed by atoms with Gasteiger partial charge in [-0.3, -0.25) is 0 Å². The first-order valence-electron chi connectivity index (χ1n) is 6.42. The van der Waals surface area contributed by atoms with E-state index in [4.69, 9.17) is 4.74 Å². The fourth-order valence-electron chi connectivity index (χ4n) is 2.72. The van der Waals surface area contributed by atoms with Gasteiger partial charge in [-0.2, -0.15) is 0 Å². The van der Waals surface area contributed by atoms with E-state index in [-0.39, 0.29) is 11.2 Å². The molecule has 1 fully saturated rings. The first-order valence-corrected chi connectivity index (χ1v) is 7.22. The summed E-state index contributed by atoms with van der Waals surface area (Å²) in [7, 11) is 0. The molecule has 18 heavy (non-hydrogen) atoms. The van der Waals surface area contributed by atoms with Crippen molar-refractivity contribution >= 4 is 21.6 Å². The molecule has 1 aromatic rings. The van der Waals surface area contributed by atoms with Crippen molar-refractivity contribution in [2.24, 2.45) is 0 Å². The molecule has 100 valence electrons. The highest BCUT2D eigenvalue weighted by Gasteiger charge is 2.45. The summed E-state index contributed by atoms with van der Waals surface area (Å²) in [6.07, 6.45) is 1.02. The first kappa shape index (κ1) is 13.9. The lowest BCUT2D eigenvalue weighted by atomic mass is 9.94. The van der Waals surface area contributed by atoms with Gasteiger partial charge in [0.05, 0.1) is 17.2 Å². The van der Waals surface area contributed by atoms with Crippen molar-refractivity contribution in [3.8, 4) is 0 Å². The Bertz CT molecular complexity index is 454. The maximum absolute atomic E-state index is 6.12. The molecule has 0 spiro atoms. The molecule has 1 heterocycles. The maximum atomic E-state index is 6.12. The Kier molecular flexibility index (Phi) is 3.50. The van der Waals surface area contributed by atoms with Crippen LogP contribution in [0.4, 0.5) is 5.69 Å². The average molecular weight is 312 g/mol. The van der Waals surface area contributed by atoms with Crippen LogP contribution in [0.5, 0.6) is 0 Å². The molecule has 0 aliphatic carbocycles. The summed E-state index contributed by atoms with van der Waals surface area (Å²) in [5.41, 5.74) is 2.25. The summed E-state index contributed by atoms with van der Waals surface area (Å²) >= 11 is 3.53. The van der Waals surface area contributed by atoms with Crippen LogP contribution in [-0.2, 0) is 4.74 Å².